The molecule has 0 aliphatic carbocycles. The van der Waals surface area contributed by atoms with Gasteiger partial charge in [-0.2, -0.15) is 5.26 Å². The summed E-state index contributed by atoms with van der Waals surface area (Å²) in [6, 6.07) is 2.25. The van der Waals surface area contributed by atoms with E-state index in [1.807, 2.05) is 0 Å². The Labute approximate surface area is 133 Å². The Morgan fingerprint density at radius 3 is 2.82 bits per heavy atom. The van der Waals surface area contributed by atoms with Gasteiger partial charge in [0.05, 0.1) is 38.4 Å². The third-order valence-corrected chi connectivity index (χ3v) is 5.13. The minimum atomic E-state index is -0.155. The van der Waals surface area contributed by atoms with E-state index in [4.69, 9.17) is 14.7 Å². The Morgan fingerprint density at radius 2 is 2.18 bits per heavy atom. The fraction of sp³-hybridized carbons (Fsp3) is 0.875. The Hall–Kier alpha value is -1.16. The van der Waals surface area contributed by atoms with Crippen molar-refractivity contribution in [3.8, 4) is 6.07 Å². The number of quaternary nitrogens is 2. The maximum Gasteiger partial charge on any atom is 0.361 e. The highest BCUT2D eigenvalue weighted by Crippen LogP contribution is 2.29. The summed E-state index contributed by atoms with van der Waals surface area (Å²) in [5.74, 6) is -0.140. The molecule has 6 heteroatoms. The molecule has 0 bridgehead atoms. The number of ether oxygens (including phenoxy) is 2. The highest BCUT2D eigenvalue weighted by atomic mass is 16.5. The average molecular weight is 311 g/mol. The van der Waals surface area contributed by atoms with E-state index in [9.17, 15) is 4.79 Å². The third kappa shape index (κ3) is 3.97. The van der Waals surface area contributed by atoms with Gasteiger partial charge in [0.2, 0.25) is 0 Å². The Bertz CT molecular complexity index is 446. The van der Waals surface area contributed by atoms with E-state index in [1.54, 1.807) is 0 Å². The molecule has 2 aliphatic rings. The first-order valence-electron chi connectivity index (χ1n) is 8.17. The van der Waals surface area contributed by atoms with Crippen molar-refractivity contribution in [1.29, 1.82) is 5.26 Å². The van der Waals surface area contributed by atoms with E-state index >= 15 is 0 Å². The molecular weight excluding hydrogens is 282 g/mol. The van der Waals surface area contributed by atoms with Crippen LogP contribution in [0.1, 0.15) is 33.1 Å². The van der Waals surface area contributed by atoms with Gasteiger partial charge in [0.1, 0.15) is 19.6 Å². The normalized spacial score (nSPS) is 34.1. The van der Waals surface area contributed by atoms with Gasteiger partial charge in [-0.1, -0.05) is 0 Å². The Kier molecular flexibility index (Phi) is 5.43. The molecule has 0 amide bonds. The van der Waals surface area contributed by atoms with Crippen LogP contribution in [0.25, 0.3) is 0 Å². The fourth-order valence-electron chi connectivity index (χ4n) is 4.18. The zero-order valence-corrected chi connectivity index (χ0v) is 14.0. The molecule has 2 heterocycles. The lowest BCUT2D eigenvalue weighted by molar-refractivity contribution is -1.05. The maximum absolute atomic E-state index is 11.8. The number of hydrogen-bond acceptors (Lipinski definition) is 4. The van der Waals surface area contributed by atoms with Gasteiger partial charge in [-0.05, 0) is 13.8 Å². The molecule has 0 aromatic carbocycles. The summed E-state index contributed by atoms with van der Waals surface area (Å²) < 4.78 is 10.8. The second-order valence-electron chi connectivity index (χ2n) is 7.26. The van der Waals surface area contributed by atoms with Gasteiger partial charge >= 0.3 is 5.97 Å². The molecule has 0 aromatic heterocycles. The molecule has 2 aliphatic heterocycles. The van der Waals surface area contributed by atoms with Crippen molar-refractivity contribution in [1.82, 2.24) is 0 Å². The summed E-state index contributed by atoms with van der Waals surface area (Å²) in [6.45, 7) is 9.30. The summed E-state index contributed by atoms with van der Waals surface area (Å²) in [5.41, 5.74) is -0.101. The van der Waals surface area contributed by atoms with Crippen molar-refractivity contribution in [2.45, 2.75) is 44.2 Å². The number of nitrogens with zero attached hydrogens (tertiary/aromatic N) is 1. The molecule has 2 unspecified atom stereocenters. The number of nitriles is 1. The number of esters is 1. The minimum absolute atomic E-state index is 0.0545. The van der Waals surface area contributed by atoms with Crippen LogP contribution in [0, 0.1) is 11.3 Å². The van der Waals surface area contributed by atoms with Crippen molar-refractivity contribution in [2.75, 3.05) is 46.4 Å². The summed E-state index contributed by atoms with van der Waals surface area (Å²) in [6.07, 6.45) is 2.51. The van der Waals surface area contributed by atoms with Gasteiger partial charge in [-0.25, -0.2) is 4.79 Å². The number of methoxy groups -OCH3 is 1. The quantitative estimate of drug-likeness (QED) is 0.600. The predicted octanol–water partition coefficient (Wildman–Crippen LogP) is -1.82. The standard InChI is InChI=1S/C16H27N3O3/c1-15(2)12-16(5-10-22-15)13-18(7-4-6-17)8-9-19(16)11-14(20)21-3/h4-5,7-13H2,1-3H3/p+2/t16-/m1/s1. The van der Waals surface area contributed by atoms with Crippen LogP contribution in [0.5, 0.6) is 0 Å². The van der Waals surface area contributed by atoms with E-state index in [2.05, 4.69) is 19.9 Å². The van der Waals surface area contributed by atoms with Crippen molar-refractivity contribution in [3.05, 3.63) is 0 Å². The zero-order chi connectivity index (χ0) is 16.2. The van der Waals surface area contributed by atoms with Crippen LogP contribution in [-0.2, 0) is 14.3 Å². The Balaban J connectivity index is 2.15. The lowest BCUT2D eigenvalue weighted by Gasteiger charge is -2.50. The lowest BCUT2D eigenvalue weighted by atomic mass is 9.78. The summed E-state index contributed by atoms with van der Waals surface area (Å²) in [5, 5.41) is 8.83. The molecule has 0 saturated carbocycles. The van der Waals surface area contributed by atoms with E-state index in [1.165, 1.54) is 16.9 Å². The van der Waals surface area contributed by atoms with Gasteiger partial charge in [-0.15, -0.1) is 0 Å². The largest absolute Gasteiger partial charge is 0.465 e. The van der Waals surface area contributed by atoms with Gasteiger partial charge in [0, 0.05) is 12.8 Å². The van der Waals surface area contributed by atoms with E-state index in [-0.39, 0.29) is 17.1 Å². The average Bonchev–Trinajstić information content (AvgIpc) is 2.46. The first-order valence-corrected chi connectivity index (χ1v) is 8.17. The number of rotatable bonds is 4. The van der Waals surface area contributed by atoms with E-state index in [0.29, 0.717) is 13.0 Å². The van der Waals surface area contributed by atoms with Gasteiger partial charge in [0.25, 0.3) is 0 Å². The van der Waals surface area contributed by atoms with Crippen molar-refractivity contribution >= 4 is 5.97 Å². The molecular formula is C16H29N3O3+2. The topological polar surface area (TPSA) is 68.2 Å². The number of piperazine rings is 1. The second kappa shape index (κ2) is 6.95. The van der Waals surface area contributed by atoms with Gasteiger partial charge in [0.15, 0.2) is 12.1 Å². The fourth-order valence-corrected chi connectivity index (χ4v) is 4.18. The van der Waals surface area contributed by atoms with E-state index in [0.717, 1.165) is 45.6 Å². The van der Waals surface area contributed by atoms with Crippen LogP contribution in [0.15, 0.2) is 0 Å². The van der Waals surface area contributed by atoms with Crippen LogP contribution in [0.3, 0.4) is 0 Å². The molecule has 2 saturated heterocycles. The highest BCUT2D eigenvalue weighted by molar-refractivity contribution is 5.70. The molecule has 22 heavy (non-hydrogen) atoms. The number of nitrogens with one attached hydrogen (secondary N) is 2. The zero-order valence-electron chi connectivity index (χ0n) is 14.0. The molecule has 0 aromatic rings. The van der Waals surface area contributed by atoms with Crippen LogP contribution >= 0.6 is 0 Å². The first kappa shape index (κ1) is 17.2. The SMILES string of the molecule is COC(=O)C[NH+]1CC[NH+](CCC#N)C[C@]12CCOC(C)(C)C2. The van der Waals surface area contributed by atoms with Crippen molar-refractivity contribution < 1.29 is 24.1 Å². The lowest BCUT2D eigenvalue weighted by Crippen LogP contribution is -3.34. The number of carbonyl (C=O) groups is 1. The summed E-state index contributed by atoms with van der Waals surface area (Å²) >= 11 is 0. The summed E-state index contributed by atoms with van der Waals surface area (Å²) in [7, 11) is 1.46. The molecule has 0 radical (unpaired) electrons. The molecule has 2 N–H and O–H groups in total. The molecule has 2 rings (SSSR count). The number of carbonyl (C=O) groups excluding carboxylic acids is 1. The monoisotopic (exact) mass is 311 g/mol. The van der Waals surface area contributed by atoms with Gasteiger partial charge < -0.3 is 19.3 Å². The van der Waals surface area contributed by atoms with E-state index < -0.39 is 0 Å². The van der Waals surface area contributed by atoms with Crippen LogP contribution in [0.4, 0.5) is 0 Å². The van der Waals surface area contributed by atoms with Crippen LogP contribution in [0.2, 0.25) is 0 Å². The molecule has 2 fully saturated rings. The van der Waals surface area contributed by atoms with Crippen molar-refractivity contribution in [2.24, 2.45) is 0 Å². The van der Waals surface area contributed by atoms with Crippen molar-refractivity contribution in [3.63, 3.8) is 0 Å². The second-order valence-corrected chi connectivity index (χ2v) is 7.26. The molecule has 6 nitrogen and oxygen atoms in total. The minimum Gasteiger partial charge on any atom is -0.465 e. The molecule has 3 atom stereocenters. The smallest absolute Gasteiger partial charge is 0.361 e. The van der Waals surface area contributed by atoms with Crippen LogP contribution in [-0.4, -0.2) is 63.5 Å². The van der Waals surface area contributed by atoms with Gasteiger partial charge in [-0.3, -0.25) is 0 Å². The Morgan fingerprint density at radius 1 is 1.41 bits per heavy atom. The summed E-state index contributed by atoms with van der Waals surface area (Å²) in [4.78, 5) is 14.6. The maximum atomic E-state index is 11.8. The highest BCUT2D eigenvalue weighted by Gasteiger charge is 2.53. The number of hydrogen-bond donors (Lipinski definition) is 2. The first-order chi connectivity index (χ1) is 10.4. The van der Waals surface area contributed by atoms with Crippen LogP contribution < -0.4 is 9.80 Å². The molecule has 1 spiro atoms. The third-order valence-electron chi connectivity index (χ3n) is 5.13. The molecule has 124 valence electrons. The predicted molar refractivity (Wildman–Crippen MR) is 80.5 cm³/mol.